The number of halogens is 1. The fraction of sp³-hybridized carbons (Fsp3) is 0.500. The number of amides is 1. The zero-order valence-corrected chi connectivity index (χ0v) is 12.4. The number of hydrogen-bond donors (Lipinski definition) is 1. The molecule has 20 heavy (non-hydrogen) atoms. The second kappa shape index (κ2) is 6.04. The number of aryl methyl sites for hydroxylation is 2. The lowest BCUT2D eigenvalue weighted by atomic mass is 10.3. The maximum absolute atomic E-state index is 12.2. The monoisotopic (exact) mass is 297 g/mol. The smallest absolute Gasteiger partial charge is 0.276 e. The lowest BCUT2D eigenvalue weighted by molar-refractivity contribution is 0.0764. The molecule has 0 aliphatic heterocycles. The van der Waals surface area contributed by atoms with Crippen LogP contribution in [0.25, 0.3) is 0 Å². The summed E-state index contributed by atoms with van der Waals surface area (Å²) in [4.78, 5) is 17.8. The highest BCUT2D eigenvalue weighted by molar-refractivity contribution is 6.34. The van der Waals surface area contributed by atoms with Crippen molar-refractivity contribution in [3.63, 3.8) is 0 Å². The Labute approximate surface area is 121 Å². The van der Waals surface area contributed by atoms with Crippen molar-refractivity contribution in [1.82, 2.24) is 25.2 Å². The van der Waals surface area contributed by atoms with Crippen LogP contribution in [0.5, 0.6) is 0 Å². The molecule has 0 unspecified atom stereocenters. The molecule has 2 aromatic rings. The fourth-order valence-electron chi connectivity index (χ4n) is 1.69. The van der Waals surface area contributed by atoms with E-state index in [4.69, 9.17) is 16.1 Å². The number of aromatic amines is 1. The van der Waals surface area contributed by atoms with Crippen LogP contribution in [-0.2, 0) is 13.0 Å². The molecule has 7 nitrogen and oxygen atoms in total. The second-order valence-corrected chi connectivity index (χ2v) is 4.90. The Morgan fingerprint density at radius 1 is 1.50 bits per heavy atom. The zero-order valence-electron chi connectivity index (χ0n) is 11.6. The summed E-state index contributed by atoms with van der Waals surface area (Å²) in [5.41, 5.74) is 0.853. The summed E-state index contributed by atoms with van der Waals surface area (Å²) in [7, 11) is 1.63. The molecule has 8 heteroatoms. The van der Waals surface area contributed by atoms with E-state index in [9.17, 15) is 4.79 Å². The number of aromatic nitrogens is 4. The van der Waals surface area contributed by atoms with Gasteiger partial charge in [0.1, 0.15) is 6.54 Å². The van der Waals surface area contributed by atoms with Crippen LogP contribution in [0.1, 0.15) is 41.2 Å². The summed E-state index contributed by atoms with van der Waals surface area (Å²) < 4.78 is 5.09. The first-order valence-corrected chi connectivity index (χ1v) is 6.68. The number of carbonyl (C=O) groups excluding carboxylic acids is 1. The zero-order chi connectivity index (χ0) is 14.7. The van der Waals surface area contributed by atoms with E-state index in [1.807, 2.05) is 6.92 Å². The molecule has 0 fully saturated rings. The fourth-order valence-corrected chi connectivity index (χ4v) is 1.86. The van der Waals surface area contributed by atoms with Gasteiger partial charge < -0.3 is 9.42 Å². The molecule has 1 N–H and O–H groups in total. The minimum Gasteiger partial charge on any atom is -0.337 e. The van der Waals surface area contributed by atoms with Gasteiger partial charge in [0.15, 0.2) is 11.5 Å². The van der Waals surface area contributed by atoms with E-state index < -0.39 is 0 Å². The average Bonchev–Trinajstić information content (AvgIpc) is 2.98. The molecular weight excluding hydrogens is 282 g/mol. The number of nitrogens with zero attached hydrogens (tertiary/aromatic N) is 4. The number of rotatable bonds is 5. The number of nitrogens with one attached hydrogen (secondary N) is 1. The van der Waals surface area contributed by atoms with Gasteiger partial charge in [-0.05, 0) is 13.3 Å². The minimum atomic E-state index is -0.297. The predicted molar refractivity (Wildman–Crippen MR) is 72.4 cm³/mol. The van der Waals surface area contributed by atoms with Gasteiger partial charge in [-0.1, -0.05) is 23.7 Å². The lowest BCUT2D eigenvalue weighted by Gasteiger charge is -2.13. The standard InChI is InChI=1S/C12H16ClN5O2/c1-4-5-8-14-9(20-17-8)6-18(3)12(19)11-10(13)7(2)15-16-11/h4-6H2,1-3H3,(H,15,16). The van der Waals surface area contributed by atoms with Crippen LogP contribution in [0.2, 0.25) is 5.02 Å². The molecule has 0 radical (unpaired) electrons. The van der Waals surface area contributed by atoms with E-state index in [1.165, 1.54) is 4.90 Å². The summed E-state index contributed by atoms with van der Waals surface area (Å²) in [5.74, 6) is 0.749. The van der Waals surface area contributed by atoms with Gasteiger partial charge in [0.2, 0.25) is 5.89 Å². The molecule has 0 saturated heterocycles. The van der Waals surface area contributed by atoms with Gasteiger partial charge in [-0.25, -0.2) is 0 Å². The van der Waals surface area contributed by atoms with Crippen molar-refractivity contribution in [2.75, 3.05) is 7.05 Å². The van der Waals surface area contributed by atoms with Crippen LogP contribution in [0.4, 0.5) is 0 Å². The highest BCUT2D eigenvalue weighted by Gasteiger charge is 2.21. The van der Waals surface area contributed by atoms with Crippen LogP contribution >= 0.6 is 11.6 Å². The van der Waals surface area contributed by atoms with Gasteiger partial charge in [-0.15, -0.1) is 0 Å². The molecule has 2 heterocycles. The lowest BCUT2D eigenvalue weighted by Crippen LogP contribution is -2.27. The number of hydrogen-bond acceptors (Lipinski definition) is 5. The van der Waals surface area contributed by atoms with Gasteiger partial charge in [0.25, 0.3) is 5.91 Å². The van der Waals surface area contributed by atoms with Gasteiger partial charge in [0.05, 0.1) is 10.7 Å². The average molecular weight is 298 g/mol. The molecule has 0 spiro atoms. The molecule has 0 saturated carbocycles. The van der Waals surface area contributed by atoms with Crippen LogP contribution in [0, 0.1) is 6.92 Å². The summed E-state index contributed by atoms with van der Waals surface area (Å²) in [5, 5.41) is 10.7. The van der Waals surface area contributed by atoms with Gasteiger partial charge >= 0.3 is 0 Å². The molecule has 2 aromatic heterocycles. The van der Waals surface area contributed by atoms with E-state index >= 15 is 0 Å². The van der Waals surface area contributed by atoms with Crippen LogP contribution in [-0.4, -0.2) is 38.2 Å². The minimum absolute atomic E-state index is 0.194. The quantitative estimate of drug-likeness (QED) is 0.911. The highest BCUT2D eigenvalue weighted by atomic mass is 35.5. The van der Waals surface area contributed by atoms with Crippen LogP contribution in [0.15, 0.2) is 4.52 Å². The molecule has 1 amide bonds. The molecule has 2 rings (SSSR count). The third-order valence-corrected chi connectivity index (χ3v) is 3.24. The van der Waals surface area contributed by atoms with Gasteiger partial charge in [-0.2, -0.15) is 10.1 Å². The largest absolute Gasteiger partial charge is 0.337 e. The Kier molecular flexibility index (Phi) is 4.39. The van der Waals surface area contributed by atoms with Crippen molar-refractivity contribution in [3.05, 3.63) is 28.1 Å². The van der Waals surface area contributed by atoms with Gasteiger partial charge in [0, 0.05) is 13.5 Å². The molecule has 108 valence electrons. The summed E-state index contributed by atoms with van der Waals surface area (Å²) in [6.45, 7) is 4.01. The normalized spacial score (nSPS) is 10.8. The maximum Gasteiger partial charge on any atom is 0.276 e. The topological polar surface area (TPSA) is 87.9 Å². The maximum atomic E-state index is 12.2. The SMILES string of the molecule is CCCc1noc(CN(C)C(=O)c2n[nH]c(C)c2Cl)n1. The molecule has 0 aliphatic rings. The van der Waals surface area contributed by atoms with Crippen molar-refractivity contribution in [2.45, 2.75) is 33.2 Å². The van der Waals surface area contributed by atoms with Crippen LogP contribution in [0.3, 0.4) is 0 Å². The Bertz CT molecular complexity index is 607. The third kappa shape index (κ3) is 2.98. The molecule has 0 atom stereocenters. The first-order valence-electron chi connectivity index (χ1n) is 6.30. The third-order valence-electron chi connectivity index (χ3n) is 2.78. The van der Waals surface area contributed by atoms with Crippen molar-refractivity contribution in [3.8, 4) is 0 Å². The molecular formula is C12H16ClN5O2. The first kappa shape index (κ1) is 14.5. The molecule has 0 bridgehead atoms. The highest BCUT2D eigenvalue weighted by Crippen LogP contribution is 2.19. The van der Waals surface area contributed by atoms with Crippen molar-refractivity contribution in [2.24, 2.45) is 0 Å². The van der Waals surface area contributed by atoms with E-state index in [2.05, 4.69) is 20.3 Å². The summed E-state index contributed by atoms with van der Waals surface area (Å²) in [6.07, 6.45) is 1.70. The Morgan fingerprint density at radius 3 is 2.85 bits per heavy atom. The Hall–Kier alpha value is -1.89. The molecule has 0 aromatic carbocycles. The van der Waals surface area contributed by atoms with Gasteiger partial charge in [-0.3, -0.25) is 9.89 Å². The summed E-state index contributed by atoms with van der Waals surface area (Å²) >= 11 is 6.00. The van der Waals surface area contributed by atoms with E-state index in [0.29, 0.717) is 22.4 Å². The van der Waals surface area contributed by atoms with E-state index in [1.54, 1.807) is 14.0 Å². The second-order valence-electron chi connectivity index (χ2n) is 4.53. The summed E-state index contributed by atoms with van der Waals surface area (Å²) in [6, 6.07) is 0. The first-order chi connectivity index (χ1) is 9.52. The Morgan fingerprint density at radius 2 is 2.25 bits per heavy atom. The number of carbonyl (C=O) groups is 1. The van der Waals surface area contributed by atoms with E-state index in [-0.39, 0.29) is 18.1 Å². The Balaban J connectivity index is 2.05. The van der Waals surface area contributed by atoms with Crippen molar-refractivity contribution >= 4 is 17.5 Å². The van der Waals surface area contributed by atoms with E-state index in [0.717, 1.165) is 12.8 Å². The number of H-pyrrole nitrogens is 1. The van der Waals surface area contributed by atoms with Crippen molar-refractivity contribution in [1.29, 1.82) is 0 Å². The van der Waals surface area contributed by atoms with Crippen molar-refractivity contribution < 1.29 is 9.32 Å². The predicted octanol–water partition coefficient (Wildman–Crippen LogP) is 1.98. The molecule has 0 aliphatic carbocycles. The van der Waals surface area contributed by atoms with Crippen LogP contribution < -0.4 is 0 Å².